The molecular weight excluding hydrogens is 468 g/mol. The van der Waals surface area contributed by atoms with Crippen LogP contribution in [-0.4, -0.2) is 16.3 Å². The van der Waals surface area contributed by atoms with E-state index in [9.17, 15) is 9.90 Å². The number of rotatable bonds is 4. The van der Waals surface area contributed by atoms with Crippen LogP contribution in [0.25, 0.3) is 11.8 Å². The normalized spacial score (nSPS) is 16.7. The number of hydrogen-bond acceptors (Lipinski definition) is 5. The number of thiazole rings is 1. The summed E-state index contributed by atoms with van der Waals surface area (Å²) >= 11 is 1.40. The topological polar surface area (TPSA) is 63.8 Å². The number of ether oxygens (including phenoxy) is 1. The number of fused-ring (bicyclic) bond motifs is 3. The fourth-order valence-electron chi connectivity index (χ4n) is 5.11. The van der Waals surface area contributed by atoms with E-state index in [0.717, 1.165) is 35.2 Å². The van der Waals surface area contributed by atoms with Gasteiger partial charge < -0.3 is 9.84 Å². The summed E-state index contributed by atoms with van der Waals surface area (Å²) in [5.74, 6) is 0.491. The van der Waals surface area contributed by atoms with Crippen molar-refractivity contribution in [1.82, 2.24) is 4.57 Å². The molecule has 1 atom stereocenters. The van der Waals surface area contributed by atoms with Crippen molar-refractivity contribution in [2.75, 3.05) is 6.61 Å². The van der Waals surface area contributed by atoms with Gasteiger partial charge in [0, 0.05) is 5.56 Å². The van der Waals surface area contributed by atoms with Crippen molar-refractivity contribution in [3.05, 3.63) is 120 Å². The van der Waals surface area contributed by atoms with E-state index in [4.69, 9.17) is 9.73 Å². The summed E-state index contributed by atoms with van der Waals surface area (Å²) in [5.41, 5.74) is 7.68. The van der Waals surface area contributed by atoms with Gasteiger partial charge in [0.15, 0.2) is 16.3 Å². The van der Waals surface area contributed by atoms with Gasteiger partial charge in [-0.15, -0.1) is 0 Å². The number of nitrogens with zero attached hydrogens (tertiary/aromatic N) is 2. The number of benzene rings is 3. The molecule has 1 aromatic heterocycles. The van der Waals surface area contributed by atoms with Crippen LogP contribution in [0.2, 0.25) is 0 Å². The first kappa shape index (κ1) is 22.6. The second-order valence-corrected chi connectivity index (χ2v) is 10.2. The van der Waals surface area contributed by atoms with E-state index >= 15 is 0 Å². The Labute approximate surface area is 213 Å². The fraction of sp³-hybridized carbons (Fsp3) is 0.200. The Balaban J connectivity index is 1.58. The van der Waals surface area contributed by atoms with Gasteiger partial charge in [-0.25, -0.2) is 4.99 Å². The van der Waals surface area contributed by atoms with E-state index in [1.54, 1.807) is 18.2 Å². The van der Waals surface area contributed by atoms with Crippen LogP contribution in [0.3, 0.4) is 0 Å². The highest BCUT2D eigenvalue weighted by Gasteiger charge is 2.32. The molecule has 1 unspecified atom stereocenters. The molecule has 36 heavy (non-hydrogen) atoms. The standard InChI is InChI=1S/C30H26N2O3S/c1-3-35-25-16-19(10-15-24(25)33)17-26-29(34)32-28(21-11-8-18(2)9-12-21)23-14-13-20-6-4-5-7-22(20)27(23)31-30(32)36-26/h4-12,15-17,28,33H,3,13-14H2,1-2H3. The molecule has 6 rings (SSSR count). The maximum absolute atomic E-state index is 13.8. The molecule has 0 radical (unpaired) electrons. The summed E-state index contributed by atoms with van der Waals surface area (Å²) in [4.78, 5) is 19.6. The predicted octanol–water partition coefficient (Wildman–Crippen LogP) is 4.73. The van der Waals surface area contributed by atoms with Crippen molar-refractivity contribution >= 4 is 23.1 Å². The molecule has 0 fully saturated rings. The van der Waals surface area contributed by atoms with Crippen LogP contribution in [0, 0.1) is 6.92 Å². The Morgan fingerprint density at radius 2 is 1.92 bits per heavy atom. The molecule has 0 saturated heterocycles. The number of phenols is 1. The van der Waals surface area contributed by atoms with Crippen LogP contribution in [0.15, 0.2) is 82.1 Å². The number of aromatic nitrogens is 1. The number of aromatic hydroxyl groups is 1. The lowest BCUT2D eigenvalue weighted by atomic mass is 9.83. The highest BCUT2D eigenvalue weighted by atomic mass is 32.1. The molecule has 0 amide bonds. The summed E-state index contributed by atoms with van der Waals surface area (Å²) < 4.78 is 8.00. The van der Waals surface area contributed by atoms with E-state index < -0.39 is 0 Å². The Morgan fingerprint density at radius 3 is 2.72 bits per heavy atom. The van der Waals surface area contributed by atoms with Crippen LogP contribution in [0.5, 0.6) is 11.5 Å². The smallest absolute Gasteiger partial charge is 0.271 e. The monoisotopic (exact) mass is 494 g/mol. The van der Waals surface area contributed by atoms with Crippen molar-refractivity contribution in [2.45, 2.75) is 32.7 Å². The van der Waals surface area contributed by atoms with Crippen LogP contribution >= 0.6 is 11.3 Å². The number of phenolic OH excluding ortho intramolecular Hbond substituents is 1. The molecular formula is C30H26N2O3S. The molecule has 0 saturated carbocycles. The molecule has 1 N–H and O–H groups in total. The highest BCUT2D eigenvalue weighted by Crippen LogP contribution is 2.41. The van der Waals surface area contributed by atoms with Gasteiger partial charge in [-0.1, -0.05) is 71.5 Å². The molecule has 4 aromatic rings. The number of aryl methyl sites for hydroxylation is 2. The predicted molar refractivity (Wildman–Crippen MR) is 143 cm³/mol. The van der Waals surface area contributed by atoms with Gasteiger partial charge in [-0.3, -0.25) is 9.36 Å². The third-order valence-electron chi connectivity index (χ3n) is 6.85. The zero-order valence-corrected chi connectivity index (χ0v) is 21.0. The van der Waals surface area contributed by atoms with E-state index in [-0.39, 0.29) is 17.4 Å². The molecule has 3 aromatic carbocycles. The van der Waals surface area contributed by atoms with Crippen LogP contribution < -0.4 is 19.6 Å². The fourth-order valence-corrected chi connectivity index (χ4v) is 6.12. The van der Waals surface area contributed by atoms with Gasteiger partial charge in [-0.05, 0) is 67.2 Å². The van der Waals surface area contributed by atoms with Crippen LogP contribution in [0.1, 0.15) is 47.2 Å². The number of hydrogen-bond donors (Lipinski definition) is 1. The Hall–Kier alpha value is -3.90. The van der Waals surface area contributed by atoms with Crippen molar-refractivity contribution in [3.63, 3.8) is 0 Å². The maximum atomic E-state index is 13.8. The summed E-state index contributed by atoms with van der Waals surface area (Å²) in [7, 11) is 0. The van der Waals surface area contributed by atoms with Crippen molar-refractivity contribution < 1.29 is 9.84 Å². The molecule has 180 valence electrons. The highest BCUT2D eigenvalue weighted by molar-refractivity contribution is 7.07. The lowest BCUT2D eigenvalue weighted by Crippen LogP contribution is -2.38. The van der Waals surface area contributed by atoms with E-state index in [0.29, 0.717) is 21.7 Å². The summed E-state index contributed by atoms with van der Waals surface area (Å²) in [6, 6.07) is 21.9. The molecule has 0 spiro atoms. The van der Waals surface area contributed by atoms with Crippen LogP contribution in [-0.2, 0) is 6.42 Å². The zero-order chi connectivity index (χ0) is 24.8. The van der Waals surface area contributed by atoms with Crippen molar-refractivity contribution in [1.29, 1.82) is 0 Å². The summed E-state index contributed by atoms with van der Waals surface area (Å²) in [5, 5.41) is 10.1. The molecule has 2 aliphatic rings. The average molecular weight is 495 g/mol. The van der Waals surface area contributed by atoms with Gasteiger partial charge in [0.2, 0.25) is 0 Å². The van der Waals surface area contributed by atoms with Crippen LogP contribution in [0.4, 0.5) is 0 Å². The van der Waals surface area contributed by atoms with E-state index in [1.807, 2.05) is 17.6 Å². The van der Waals surface area contributed by atoms with Gasteiger partial charge in [0.05, 0.1) is 22.9 Å². The van der Waals surface area contributed by atoms with Crippen molar-refractivity contribution in [2.24, 2.45) is 4.99 Å². The molecule has 1 aliphatic carbocycles. The molecule has 5 nitrogen and oxygen atoms in total. The zero-order valence-electron chi connectivity index (χ0n) is 20.2. The Morgan fingerprint density at radius 1 is 1.11 bits per heavy atom. The van der Waals surface area contributed by atoms with Gasteiger partial charge in [0.25, 0.3) is 5.56 Å². The third-order valence-corrected chi connectivity index (χ3v) is 7.83. The SMILES string of the molecule is CCOc1cc(C=c2sc3n(c2=O)C(c2ccc(C)cc2)C2=C(N=3)c3ccccc3CC2)ccc1O. The second kappa shape index (κ2) is 8.95. The number of allylic oxidation sites excluding steroid dienone is 1. The van der Waals surface area contributed by atoms with Gasteiger partial charge >= 0.3 is 0 Å². The molecule has 0 bridgehead atoms. The van der Waals surface area contributed by atoms with Gasteiger partial charge in [0.1, 0.15) is 0 Å². The van der Waals surface area contributed by atoms with E-state index in [1.165, 1.54) is 28.0 Å². The first-order valence-electron chi connectivity index (χ1n) is 12.2. The molecule has 6 heteroatoms. The van der Waals surface area contributed by atoms with Gasteiger partial charge in [-0.2, -0.15) is 0 Å². The minimum Gasteiger partial charge on any atom is -0.504 e. The summed E-state index contributed by atoms with van der Waals surface area (Å²) in [6.07, 6.45) is 3.66. The van der Waals surface area contributed by atoms with E-state index in [2.05, 4.69) is 55.5 Å². The minimum atomic E-state index is -0.189. The summed E-state index contributed by atoms with van der Waals surface area (Å²) in [6.45, 7) is 4.39. The molecule has 2 heterocycles. The first-order valence-corrected chi connectivity index (χ1v) is 13.0. The average Bonchev–Trinajstić information content (AvgIpc) is 3.20. The second-order valence-electron chi connectivity index (χ2n) is 9.18. The quantitative estimate of drug-likeness (QED) is 0.446. The Bertz CT molecular complexity index is 1690. The van der Waals surface area contributed by atoms with Crippen molar-refractivity contribution in [3.8, 4) is 11.5 Å². The lowest BCUT2D eigenvalue weighted by molar-refractivity contribution is 0.318. The lowest BCUT2D eigenvalue weighted by Gasteiger charge is -2.30. The minimum absolute atomic E-state index is 0.0548. The Kier molecular flexibility index (Phi) is 5.61. The molecule has 1 aliphatic heterocycles. The largest absolute Gasteiger partial charge is 0.504 e. The third kappa shape index (κ3) is 3.78. The maximum Gasteiger partial charge on any atom is 0.271 e. The first-order chi connectivity index (χ1) is 17.5.